The monoisotopic (exact) mass is 529 g/mol. The number of rotatable bonds is 6. The van der Waals surface area contributed by atoms with Crippen molar-refractivity contribution in [3.8, 4) is 11.8 Å². The minimum absolute atomic E-state index is 0.135. The van der Waals surface area contributed by atoms with Crippen LogP contribution < -0.4 is 4.90 Å². The van der Waals surface area contributed by atoms with Gasteiger partial charge in [-0.25, -0.2) is 4.98 Å². The molecule has 2 aromatic rings. The van der Waals surface area contributed by atoms with E-state index in [0.29, 0.717) is 37.1 Å². The van der Waals surface area contributed by atoms with E-state index in [-0.39, 0.29) is 11.8 Å². The number of aryl methyl sites for hydroxylation is 1. The summed E-state index contributed by atoms with van der Waals surface area (Å²) < 4.78 is 6.28. The molecule has 6 nitrogen and oxygen atoms in total. The zero-order valence-corrected chi connectivity index (χ0v) is 20.0. The number of amides is 2. The van der Waals surface area contributed by atoms with Gasteiger partial charge in [0.25, 0.3) is 5.91 Å². The zero-order valence-electron chi connectivity index (χ0n) is 17.9. The van der Waals surface area contributed by atoms with Crippen molar-refractivity contribution >= 4 is 45.9 Å². The van der Waals surface area contributed by atoms with Crippen LogP contribution in [-0.2, 0) is 16.1 Å². The number of aromatic nitrogens is 1. The molecule has 31 heavy (non-hydrogen) atoms. The van der Waals surface area contributed by atoms with Gasteiger partial charge in [-0.05, 0) is 90.4 Å². The van der Waals surface area contributed by atoms with Gasteiger partial charge in [-0.2, -0.15) is 0 Å². The predicted molar refractivity (Wildman–Crippen MR) is 127 cm³/mol. The Labute approximate surface area is 196 Å². The van der Waals surface area contributed by atoms with Crippen LogP contribution in [0.25, 0.3) is 0 Å². The van der Waals surface area contributed by atoms with Crippen molar-refractivity contribution in [3.05, 3.63) is 50.2 Å². The maximum atomic E-state index is 13.1. The van der Waals surface area contributed by atoms with E-state index in [1.807, 2.05) is 25.1 Å². The van der Waals surface area contributed by atoms with Gasteiger partial charge >= 0.3 is 5.91 Å². The van der Waals surface area contributed by atoms with Crippen LogP contribution in [-0.4, -0.2) is 42.0 Å². The van der Waals surface area contributed by atoms with E-state index in [1.54, 1.807) is 23.8 Å². The normalized spacial score (nSPS) is 14.8. The number of hydrogen-bond donors (Lipinski definition) is 0. The van der Waals surface area contributed by atoms with Gasteiger partial charge in [0.1, 0.15) is 11.5 Å². The van der Waals surface area contributed by atoms with E-state index in [9.17, 15) is 9.59 Å². The van der Waals surface area contributed by atoms with Crippen molar-refractivity contribution in [2.75, 3.05) is 25.2 Å². The molecular formula is C24H24IN3O3. The van der Waals surface area contributed by atoms with Crippen LogP contribution in [0.3, 0.4) is 0 Å². The molecule has 0 saturated heterocycles. The summed E-state index contributed by atoms with van der Waals surface area (Å²) in [7, 11) is 1.61. The van der Waals surface area contributed by atoms with Crippen LogP contribution in [0, 0.1) is 22.3 Å². The van der Waals surface area contributed by atoms with Crippen LogP contribution in [0.5, 0.6) is 0 Å². The van der Waals surface area contributed by atoms with E-state index in [4.69, 9.17) is 4.74 Å². The van der Waals surface area contributed by atoms with E-state index in [2.05, 4.69) is 45.5 Å². The Balaban J connectivity index is 1.79. The lowest BCUT2D eigenvalue weighted by Crippen LogP contribution is -2.29. The lowest BCUT2D eigenvalue weighted by Gasteiger charge is -2.24. The number of anilines is 2. The first-order valence-corrected chi connectivity index (χ1v) is 11.4. The molecule has 1 aromatic heterocycles. The standard InChI is InChI=1S/C24H24IN3O3/c1-4-5-22(29)28(20-12-15(2)19(25)13-18(20)16-6-7-16)21-9-8-17-14-27(10-11-31-3)24(30)23(17)26-21/h8-9,12-13,16H,6-7,10-11,14H2,1-3H3. The van der Waals surface area contributed by atoms with Gasteiger partial charge in [0.05, 0.1) is 12.3 Å². The van der Waals surface area contributed by atoms with E-state index >= 15 is 0 Å². The van der Waals surface area contributed by atoms with Gasteiger partial charge < -0.3 is 9.64 Å². The fourth-order valence-corrected chi connectivity index (χ4v) is 4.31. The molecule has 1 saturated carbocycles. The molecule has 0 unspecified atom stereocenters. The number of benzene rings is 1. The molecule has 7 heteroatoms. The van der Waals surface area contributed by atoms with Gasteiger partial charge in [0, 0.05) is 29.3 Å². The number of fused-ring (bicyclic) bond motifs is 1. The Bertz CT molecular complexity index is 1120. The van der Waals surface area contributed by atoms with Crippen molar-refractivity contribution in [1.82, 2.24) is 9.88 Å². The van der Waals surface area contributed by atoms with E-state index < -0.39 is 0 Å². The molecule has 4 rings (SSSR count). The van der Waals surface area contributed by atoms with Gasteiger partial charge in [-0.3, -0.25) is 14.5 Å². The average Bonchev–Trinajstić information content (AvgIpc) is 3.54. The highest BCUT2D eigenvalue weighted by Gasteiger charge is 2.33. The summed E-state index contributed by atoms with van der Waals surface area (Å²) >= 11 is 2.33. The summed E-state index contributed by atoms with van der Waals surface area (Å²) in [5.41, 5.74) is 4.29. The van der Waals surface area contributed by atoms with Crippen molar-refractivity contribution in [2.24, 2.45) is 0 Å². The summed E-state index contributed by atoms with van der Waals surface area (Å²) in [6, 6.07) is 7.89. The van der Waals surface area contributed by atoms with Crippen molar-refractivity contribution in [3.63, 3.8) is 0 Å². The second-order valence-corrected chi connectivity index (χ2v) is 9.01. The molecule has 0 atom stereocenters. The molecule has 0 spiro atoms. The van der Waals surface area contributed by atoms with Crippen LogP contribution in [0.15, 0.2) is 24.3 Å². The van der Waals surface area contributed by atoms with Crippen LogP contribution in [0.2, 0.25) is 0 Å². The molecule has 0 radical (unpaired) electrons. The predicted octanol–water partition coefficient (Wildman–Crippen LogP) is 4.16. The number of ether oxygens (including phenoxy) is 1. The molecule has 1 aliphatic carbocycles. The average molecular weight is 529 g/mol. The van der Waals surface area contributed by atoms with Crippen molar-refractivity contribution < 1.29 is 14.3 Å². The first-order valence-electron chi connectivity index (χ1n) is 10.3. The van der Waals surface area contributed by atoms with Crippen molar-refractivity contribution in [1.29, 1.82) is 0 Å². The SMILES string of the molecule is CC#CC(=O)N(c1ccc2c(n1)C(=O)N(CCOC)C2)c1cc(C)c(I)cc1C1CC1. The fourth-order valence-electron chi connectivity index (χ4n) is 3.82. The minimum atomic E-state index is -0.348. The lowest BCUT2D eigenvalue weighted by atomic mass is 10.0. The summed E-state index contributed by atoms with van der Waals surface area (Å²) in [6.45, 7) is 5.15. The Hall–Kier alpha value is -2.44. The van der Waals surface area contributed by atoms with Crippen LogP contribution in [0.1, 0.15) is 52.9 Å². The van der Waals surface area contributed by atoms with Gasteiger partial charge in [0.15, 0.2) is 0 Å². The number of methoxy groups -OCH3 is 1. The molecule has 2 amide bonds. The van der Waals surface area contributed by atoms with E-state index in [1.165, 1.54) is 3.57 Å². The zero-order chi connectivity index (χ0) is 22.1. The number of carbonyl (C=O) groups excluding carboxylic acids is 2. The number of halogens is 1. The largest absolute Gasteiger partial charge is 0.383 e. The Morgan fingerprint density at radius 3 is 2.81 bits per heavy atom. The van der Waals surface area contributed by atoms with E-state index in [0.717, 1.165) is 35.2 Å². The molecule has 0 bridgehead atoms. The lowest BCUT2D eigenvalue weighted by molar-refractivity contribution is -0.112. The molecule has 160 valence electrons. The molecule has 2 aliphatic rings. The topological polar surface area (TPSA) is 62.7 Å². The van der Waals surface area contributed by atoms with Crippen LogP contribution >= 0.6 is 22.6 Å². The summed E-state index contributed by atoms with van der Waals surface area (Å²) in [5.74, 6) is 5.75. The fraction of sp³-hybridized carbons (Fsp3) is 0.375. The maximum absolute atomic E-state index is 13.1. The Morgan fingerprint density at radius 2 is 2.13 bits per heavy atom. The smallest absolute Gasteiger partial charge is 0.308 e. The second kappa shape index (κ2) is 8.97. The first-order chi connectivity index (χ1) is 14.9. The second-order valence-electron chi connectivity index (χ2n) is 7.85. The van der Waals surface area contributed by atoms with Gasteiger partial charge in [-0.1, -0.05) is 12.0 Å². The number of pyridine rings is 1. The molecule has 2 heterocycles. The summed E-state index contributed by atoms with van der Waals surface area (Å²) in [6.07, 6.45) is 2.22. The quantitative estimate of drug-likeness (QED) is 0.417. The third-order valence-corrected chi connectivity index (χ3v) is 6.77. The number of carbonyl (C=O) groups is 2. The number of hydrogen-bond acceptors (Lipinski definition) is 4. The highest BCUT2D eigenvalue weighted by Crippen LogP contribution is 2.46. The molecule has 1 aromatic carbocycles. The van der Waals surface area contributed by atoms with Gasteiger partial charge in [0.2, 0.25) is 0 Å². The molecular weight excluding hydrogens is 505 g/mol. The Morgan fingerprint density at radius 1 is 1.35 bits per heavy atom. The van der Waals surface area contributed by atoms with Crippen LogP contribution in [0.4, 0.5) is 11.5 Å². The third kappa shape index (κ3) is 4.32. The number of nitrogens with zero attached hydrogens (tertiary/aromatic N) is 3. The highest BCUT2D eigenvalue weighted by molar-refractivity contribution is 14.1. The summed E-state index contributed by atoms with van der Waals surface area (Å²) in [4.78, 5) is 33.9. The molecule has 0 N–H and O–H groups in total. The maximum Gasteiger partial charge on any atom is 0.308 e. The molecule has 1 fully saturated rings. The minimum Gasteiger partial charge on any atom is -0.383 e. The third-order valence-electron chi connectivity index (χ3n) is 5.61. The highest BCUT2D eigenvalue weighted by atomic mass is 127. The Kier molecular flexibility index (Phi) is 6.30. The van der Waals surface area contributed by atoms with Crippen molar-refractivity contribution in [2.45, 2.75) is 39.2 Å². The molecule has 1 aliphatic heterocycles. The first kappa shape index (κ1) is 21.8. The summed E-state index contributed by atoms with van der Waals surface area (Å²) in [5, 5.41) is 0. The van der Waals surface area contributed by atoms with Gasteiger partial charge in [-0.15, -0.1) is 0 Å².